The Balaban J connectivity index is 5.15. The van der Waals surface area contributed by atoms with Gasteiger partial charge in [0.15, 0.2) is 8.32 Å². The Hall–Kier alpha value is -0.533. The van der Waals surface area contributed by atoms with Crippen molar-refractivity contribution in [3.63, 3.8) is 0 Å². The first kappa shape index (κ1) is 26.5. The highest BCUT2D eigenvalue weighted by Crippen LogP contribution is 2.47. The van der Waals surface area contributed by atoms with E-state index < -0.39 is 21.0 Å². The first-order valence-electron chi connectivity index (χ1n) is 9.40. The molecule has 0 aliphatic rings. The predicted octanol–water partition coefficient (Wildman–Crippen LogP) is 4.15. The van der Waals surface area contributed by atoms with Gasteiger partial charge in [0.2, 0.25) is 0 Å². The van der Waals surface area contributed by atoms with E-state index >= 15 is 0 Å². The Kier molecular flexibility index (Phi) is 11.2. The minimum Gasteiger partial charge on any atom is -0.466 e. The van der Waals surface area contributed by atoms with Gasteiger partial charge in [-0.25, -0.2) is 0 Å². The fraction of sp³-hybridized carbons (Fsp3) is 0.889. The number of Topliss-reactive ketones (excluding diaryl/α,β-unsaturated/α-hetero) is 1. The Bertz CT molecular complexity index is 520. The second-order valence-electron chi connectivity index (χ2n) is 8.17. The fourth-order valence-electron chi connectivity index (χ4n) is 2.62. The van der Waals surface area contributed by atoms with Crippen LogP contribution >= 0.6 is 7.60 Å². The van der Waals surface area contributed by atoms with E-state index in [2.05, 4.69) is 0 Å². The van der Waals surface area contributed by atoms with Gasteiger partial charge in [0, 0.05) is 27.1 Å². The van der Waals surface area contributed by atoms with Crippen molar-refractivity contribution in [1.82, 2.24) is 0 Å². The molecule has 160 valence electrons. The average molecular weight is 425 g/mol. The summed E-state index contributed by atoms with van der Waals surface area (Å²) in [6.07, 6.45) is 2.04. The van der Waals surface area contributed by atoms with E-state index in [9.17, 15) is 18.9 Å². The van der Waals surface area contributed by atoms with Crippen molar-refractivity contribution in [2.75, 3.05) is 27.0 Å². The third-order valence-electron chi connectivity index (χ3n) is 5.11. The first-order chi connectivity index (χ1) is 12.3. The second-order valence-corrected chi connectivity index (χ2v) is 14.9. The molecular weight excluding hydrogens is 387 g/mol. The molecule has 0 fully saturated rings. The quantitative estimate of drug-likeness (QED) is 0.193. The van der Waals surface area contributed by atoms with E-state index in [0.717, 1.165) is 12.8 Å². The van der Waals surface area contributed by atoms with Gasteiger partial charge in [-0.2, -0.15) is 0 Å². The lowest BCUT2D eigenvalue weighted by Gasteiger charge is -2.37. The van der Waals surface area contributed by atoms with Crippen LogP contribution in [0.15, 0.2) is 0 Å². The van der Waals surface area contributed by atoms with E-state index in [-0.39, 0.29) is 36.7 Å². The number of unbranched alkanes of at least 4 members (excludes halogenated alkanes) is 1. The van der Waals surface area contributed by atoms with Crippen molar-refractivity contribution in [3.05, 3.63) is 0 Å². The number of esters is 1. The lowest BCUT2D eigenvalue weighted by atomic mass is 9.89. The Morgan fingerprint density at radius 1 is 1.15 bits per heavy atom. The summed E-state index contributed by atoms with van der Waals surface area (Å²) in [5.74, 6) is -0.944. The maximum absolute atomic E-state index is 12.4. The Labute approximate surface area is 164 Å². The maximum atomic E-state index is 12.4. The van der Waals surface area contributed by atoms with Gasteiger partial charge < -0.3 is 18.6 Å². The maximum Gasteiger partial charge on any atom is 0.337 e. The summed E-state index contributed by atoms with van der Waals surface area (Å²) in [5, 5.41) is -0.395. The largest absolute Gasteiger partial charge is 0.466 e. The van der Waals surface area contributed by atoms with Crippen LogP contribution in [-0.4, -0.2) is 51.9 Å². The number of carbonyl (C=O) groups excluding carboxylic acids is 2. The minimum atomic E-state index is -3.44. The number of hydrogen-bond acceptors (Lipinski definition) is 7. The summed E-state index contributed by atoms with van der Waals surface area (Å²) in [6, 6.07) is 0. The molecule has 0 aliphatic carbocycles. The molecule has 7 nitrogen and oxygen atoms in total. The average Bonchev–Trinajstić information content (AvgIpc) is 2.53. The van der Waals surface area contributed by atoms with Crippen LogP contribution in [0.3, 0.4) is 0 Å². The lowest BCUT2D eigenvalue weighted by Crippen LogP contribution is -2.40. The molecule has 0 bridgehead atoms. The van der Waals surface area contributed by atoms with Gasteiger partial charge in [0.1, 0.15) is 11.9 Å². The van der Waals surface area contributed by atoms with Crippen molar-refractivity contribution >= 4 is 27.7 Å². The summed E-state index contributed by atoms with van der Waals surface area (Å²) in [5.41, 5.74) is 0. The molecule has 0 saturated heterocycles. The molecule has 1 N–H and O–H groups in total. The summed E-state index contributed by atoms with van der Waals surface area (Å²) < 4.78 is 27.1. The normalized spacial score (nSPS) is 14.1. The van der Waals surface area contributed by atoms with Gasteiger partial charge >= 0.3 is 13.6 Å². The van der Waals surface area contributed by atoms with Crippen molar-refractivity contribution in [3.8, 4) is 0 Å². The number of rotatable bonds is 14. The zero-order valence-corrected chi connectivity index (χ0v) is 19.8. The monoisotopic (exact) mass is 424 g/mol. The van der Waals surface area contributed by atoms with E-state index in [1.54, 1.807) is 0 Å². The fourth-order valence-corrected chi connectivity index (χ4v) is 4.38. The van der Waals surface area contributed by atoms with Gasteiger partial charge in [0.25, 0.3) is 0 Å². The number of ether oxygens (including phenoxy) is 1. The Morgan fingerprint density at radius 2 is 1.70 bits per heavy atom. The van der Waals surface area contributed by atoms with Crippen LogP contribution in [-0.2, 0) is 27.9 Å². The second kappa shape index (κ2) is 11.5. The first-order valence-corrected chi connectivity index (χ1v) is 14.1. The molecule has 27 heavy (non-hydrogen) atoms. The SMILES string of the molecule is CCCCOC(=O)CC(CC(=O)CP(=O)(OC)OC)CC(C)(C)[Si](C)(C)O. The van der Waals surface area contributed by atoms with Crippen molar-refractivity contribution in [2.24, 2.45) is 5.92 Å². The zero-order chi connectivity index (χ0) is 21.3. The highest BCUT2D eigenvalue weighted by atomic mass is 31.2. The van der Waals surface area contributed by atoms with Crippen LogP contribution in [0.2, 0.25) is 18.1 Å². The van der Waals surface area contributed by atoms with Crippen LogP contribution < -0.4 is 0 Å². The molecule has 1 unspecified atom stereocenters. The van der Waals surface area contributed by atoms with Crippen LogP contribution in [0.25, 0.3) is 0 Å². The molecule has 0 saturated carbocycles. The molecule has 0 aromatic rings. The molecule has 0 rings (SSSR count). The molecule has 0 amide bonds. The minimum absolute atomic E-state index is 0.0630. The summed E-state index contributed by atoms with van der Waals surface area (Å²) >= 11 is 0. The zero-order valence-electron chi connectivity index (χ0n) is 17.9. The topological polar surface area (TPSA) is 99.1 Å². The molecule has 0 aromatic heterocycles. The summed E-state index contributed by atoms with van der Waals surface area (Å²) in [7, 11) is -3.47. The van der Waals surface area contributed by atoms with Crippen molar-refractivity contribution in [2.45, 2.75) is 71.0 Å². The van der Waals surface area contributed by atoms with Crippen LogP contribution in [0.4, 0.5) is 0 Å². The predicted molar refractivity (Wildman–Crippen MR) is 108 cm³/mol. The van der Waals surface area contributed by atoms with Gasteiger partial charge in [0.05, 0.1) is 6.61 Å². The summed E-state index contributed by atoms with van der Waals surface area (Å²) in [6.45, 7) is 9.96. The smallest absolute Gasteiger partial charge is 0.337 e. The van der Waals surface area contributed by atoms with Crippen molar-refractivity contribution < 1.29 is 32.7 Å². The van der Waals surface area contributed by atoms with E-state index in [0.29, 0.717) is 13.0 Å². The molecule has 0 heterocycles. The molecule has 0 spiro atoms. The van der Waals surface area contributed by atoms with Crippen LogP contribution in [0.1, 0.15) is 52.9 Å². The van der Waals surface area contributed by atoms with Gasteiger partial charge in [-0.15, -0.1) is 0 Å². The van der Waals surface area contributed by atoms with Gasteiger partial charge in [-0.05, 0) is 36.9 Å². The number of ketones is 1. The van der Waals surface area contributed by atoms with Gasteiger partial charge in [-0.1, -0.05) is 27.2 Å². The molecule has 0 aliphatic heterocycles. The van der Waals surface area contributed by atoms with Crippen LogP contribution in [0, 0.1) is 5.92 Å². The Morgan fingerprint density at radius 3 is 2.15 bits per heavy atom. The molecule has 1 atom stereocenters. The van der Waals surface area contributed by atoms with Crippen LogP contribution in [0.5, 0.6) is 0 Å². The van der Waals surface area contributed by atoms with E-state index in [1.165, 1.54) is 14.2 Å². The van der Waals surface area contributed by atoms with Gasteiger partial charge in [-0.3, -0.25) is 14.2 Å². The lowest BCUT2D eigenvalue weighted by molar-refractivity contribution is -0.145. The number of carbonyl (C=O) groups is 2. The van der Waals surface area contributed by atoms with E-state index in [1.807, 2.05) is 33.9 Å². The summed E-state index contributed by atoms with van der Waals surface area (Å²) in [4.78, 5) is 35.1. The third kappa shape index (κ3) is 9.99. The molecular formula is C18H37O7PSi. The highest BCUT2D eigenvalue weighted by molar-refractivity contribution is 7.54. The highest BCUT2D eigenvalue weighted by Gasteiger charge is 2.40. The molecule has 9 heteroatoms. The van der Waals surface area contributed by atoms with E-state index in [4.69, 9.17) is 13.8 Å². The molecule has 0 aromatic carbocycles. The standard InChI is InChI=1S/C18H37O7PSi/c1-8-9-10-25-17(20)12-15(13-18(2,3)27(6,7)22)11-16(19)14-26(21,23-4)24-5/h15,22H,8-14H2,1-7H3. The third-order valence-corrected chi connectivity index (χ3v) is 10.5. The van der Waals surface area contributed by atoms with Crippen molar-refractivity contribution in [1.29, 1.82) is 0 Å². The number of hydrogen-bond donors (Lipinski definition) is 1. The molecule has 0 radical (unpaired) electrons.